The first-order valence-electron chi connectivity index (χ1n) is 4.99. The molecular weight excluding hydrogens is 220 g/mol. The third-order valence-corrected chi connectivity index (χ3v) is 1.95. The van der Waals surface area contributed by atoms with E-state index in [-0.39, 0.29) is 0 Å². The summed E-state index contributed by atoms with van der Waals surface area (Å²) >= 11 is 0. The van der Waals surface area contributed by atoms with Crippen molar-refractivity contribution in [1.82, 2.24) is 4.98 Å². The maximum absolute atomic E-state index is 11.3. The number of hydrogen-bond donors (Lipinski definition) is 0. The highest BCUT2D eigenvalue weighted by Crippen LogP contribution is 2.05. The van der Waals surface area contributed by atoms with Crippen molar-refractivity contribution in [2.24, 2.45) is 5.11 Å². The molecule has 1 aromatic heterocycles. The lowest BCUT2D eigenvalue weighted by atomic mass is 10.2. The number of esters is 1. The molecule has 0 aromatic carbocycles. The van der Waals surface area contributed by atoms with Gasteiger partial charge in [0.1, 0.15) is 0 Å². The van der Waals surface area contributed by atoms with Gasteiger partial charge in [-0.2, -0.15) is 0 Å². The number of nitrogens with zero attached hydrogens (tertiary/aromatic N) is 4. The molecule has 0 amide bonds. The molecule has 1 aromatic rings. The van der Waals surface area contributed by atoms with E-state index in [0.717, 1.165) is 0 Å². The van der Waals surface area contributed by atoms with Crippen LogP contribution in [-0.4, -0.2) is 24.6 Å². The Morgan fingerprint density at radius 2 is 2.53 bits per heavy atom. The molecule has 6 nitrogen and oxygen atoms in total. The maximum Gasteiger partial charge on any atom is 0.337 e. The minimum Gasteiger partial charge on any atom is -0.465 e. The third-order valence-electron chi connectivity index (χ3n) is 1.95. The average Bonchev–Trinajstić information content (AvgIpc) is 2.38. The fraction of sp³-hybridized carbons (Fsp3) is 0.273. The van der Waals surface area contributed by atoms with E-state index in [9.17, 15) is 4.79 Å². The van der Waals surface area contributed by atoms with Crippen molar-refractivity contribution in [3.8, 4) is 0 Å². The van der Waals surface area contributed by atoms with Gasteiger partial charge in [-0.25, -0.2) is 4.79 Å². The van der Waals surface area contributed by atoms with E-state index < -0.39 is 5.97 Å². The van der Waals surface area contributed by atoms with Gasteiger partial charge in [-0.1, -0.05) is 11.2 Å². The van der Waals surface area contributed by atoms with Crippen LogP contribution in [0.15, 0.2) is 29.5 Å². The van der Waals surface area contributed by atoms with Gasteiger partial charge in [0.25, 0.3) is 0 Å². The summed E-state index contributed by atoms with van der Waals surface area (Å²) in [6, 6.07) is 3.22. The van der Waals surface area contributed by atoms with Gasteiger partial charge < -0.3 is 4.74 Å². The number of methoxy groups -OCH3 is 1. The highest BCUT2D eigenvalue weighted by Gasteiger charge is 2.04. The van der Waals surface area contributed by atoms with Crippen LogP contribution in [-0.2, 0) is 4.74 Å². The number of ether oxygens (including phenoxy) is 1. The fourth-order valence-electron chi connectivity index (χ4n) is 1.17. The molecule has 0 aliphatic rings. The summed E-state index contributed by atoms with van der Waals surface area (Å²) in [5.41, 5.74) is 9.19. The zero-order chi connectivity index (χ0) is 12.5. The van der Waals surface area contributed by atoms with Gasteiger partial charge in [0, 0.05) is 17.7 Å². The Kier molecular flexibility index (Phi) is 5.27. The number of carbonyl (C=O) groups is 1. The number of aromatic nitrogens is 1. The van der Waals surface area contributed by atoms with Crippen LogP contribution in [0.1, 0.15) is 22.5 Å². The first-order chi connectivity index (χ1) is 8.27. The lowest BCUT2D eigenvalue weighted by molar-refractivity contribution is 0.0600. The van der Waals surface area contributed by atoms with Crippen molar-refractivity contribution in [3.05, 3.63) is 46.1 Å². The van der Waals surface area contributed by atoms with E-state index in [0.29, 0.717) is 24.2 Å². The lowest BCUT2D eigenvalue weighted by Crippen LogP contribution is -2.01. The molecule has 0 saturated heterocycles. The van der Waals surface area contributed by atoms with E-state index in [2.05, 4.69) is 19.7 Å². The zero-order valence-electron chi connectivity index (χ0n) is 9.41. The Morgan fingerprint density at radius 1 is 1.71 bits per heavy atom. The highest BCUT2D eigenvalue weighted by molar-refractivity contribution is 5.89. The molecule has 0 spiro atoms. The maximum atomic E-state index is 11.3. The van der Waals surface area contributed by atoms with Crippen LogP contribution in [0, 0.1) is 0 Å². The summed E-state index contributed by atoms with van der Waals surface area (Å²) in [6.45, 7) is 0.406. The molecule has 0 aliphatic carbocycles. The quantitative estimate of drug-likeness (QED) is 0.257. The summed E-state index contributed by atoms with van der Waals surface area (Å²) in [6.07, 6.45) is 5.77. The molecule has 0 fully saturated rings. The Labute approximate surface area is 98.6 Å². The van der Waals surface area contributed by atoms with Gasteiger partial charge in [-0.3, -0.25) is 4.98 Å². The van der Waals surface area contributed by atoms with Gasteiger partial charge in [0.15, 0.2) is 0 Å². The smallest absolute Gasteiger partial charge is 0.337 e. The molecule has 88 valence electrons. The van der Waals surface area contributed by atoms with Gasteiger partial charge in [0.2, 0.25) is 0 Å². The Balaban J connectivity index is 2.65. The van der Waals surface area contributed by atoms with Gasteiger partial charge >= 0.3 is 5.97 Å². The largest absolute Gasteiger partial charge is 0.465 e. The lowest BCUT2D eigenvalue weighted by Gasteiger charge is -1.99. The average molecular weight is 232 g/mol. The SMILES string of the molecule is COC(=O)c1ccnc(C=CCCN=[N+]=[N-])c1. The molecule has 0 saturated carbocycles. The second-order valence-corrected chi connectivity index (χ2v) is 3.11. The van der Waals surface area contributed by atoms with Crippen molar-refractivity contribution in [3.63, 3.8) is 0 Å². The molecule has 0 atom stereocenters. The summed E-state index contributed by atoms with van der Waals surface area (Å²) < 4.78 is 4.60. The molecule has 0 bridgehead atoms. The molecule has 1 rings (SSSR count). The number of pyridine rings is 1. The molecule has 1 heterocycles. The molecule has 0 unspecified atom stereocenters. The zero-order valence-corrected chi connectivity index (χ0v) is 9.41. The van der Waals surface area contributed by atoms with Gasteiger partial charge in [0.05, 0.1) is 18.4 Å². The van der Waals surface area contributed by atoms with E-state index in [1.54, 1.807) is 24.4 Å². The second-order valence-electron chi connectivity index (χ2n) is 3.11. The molecule has 6 heteroatoms. The number of rotatable bonds is 5. The van der Waals surface area contributed by atoms with Crippen molar-refractivity contribution in [2.45, 2.75) is 6.42 Å². The number of hydrogen-bond acceptors (Lipinski definition) is 4. The third kappa shape index (κ3) is 4.36. The van der Waals surface area contributed by atoms with Gasteiger partial charge in [-0.15, -0.1) is 0 Å². The number of azide groups is 1. The molecule has 0 N–H and O–H groups in total. The molecule has 0 radical (unpaired) electrons. The molecule has 0 aliphatic heterocycles. The van der Waals surface area contributed by atoms with Crippen LogP contribution in [0.5, 0.6) is 0 Å². The van der Waals surface area contributed by atoms with Crippen molar-refractivity contribution >= 4 is 12.0 Å². The van der Waals surface area contributed by atoms with Crippen LogP contribution < -0.4 is 0 Å². The summed E-state index contributed by atoms with van der Waals surface area (Å²) in [5, 5.41) is 3.40. The van der Waals surface area contributed by atoms with Crippen molar-refractivity contribution in [1.29, 1.82) is 0 Å². The van der Waals surface area contributed by atoms with Crippen LogP contribution >= 0.6 is 0 Å². The van der Waals surface area contributed by atoms with Crippen LogP contribution in [0.4, 0.5) is 0 Å². The van der Waals surface area contributed by atoms with E-state index in [4.69, 9.17) is 5.53 Å². The van der Waals surface area contributed by atoms with E-state index >= 15 is 0 Å². The van der Waals surface area contributed by atoms with Crippen molar-refractivity contribution < 1.29 is 9.53 Å². The Morgan fingerprint density at radius 3 is 3.24 bits per heavy atom. The topological polar surface area (TPSA) is 88.0 Å². The van der Waals surface area contributed by atoms with Crippen LogP contribution in [0.3, 0.4) is 0 Å². The van der Waals surface area contributed by atoms with Crippen molar-refractivity contribution in [2.75, 3.05) is 13.7 Å². The minimum absolute atomic E-state index is 0.392. The first-order valence-corrected chi connectivity index (χ1v) is 4.99. The standard InChI is InChI=1S/C11H12N4O2/c1-17-11(16)9-5-7-13-10(8-9)4-2-3-6-14-15-12/h2,4-5,7-8H,3,6H2,1H3. The molecular formula is C11H12N4O2. The summed E-state index contributed by atoms with van der Waals surface area (Å²) in [5.74, 6) is -0.392. The predicted octanol–water partition coefficient (Wildman–Crippen LogP) is 2.58. The van der Waals surface area contributed by atoms with E-state index in [1.165, 1.54) is 7.11 Å². The van der Waals surface area contributed by atoms with Crippen LogP contribution in [0.2, 0.25) is 0 Å². The highest BCUT2D eigenvalue weighted by atomic mass is 16.5. The fourth-order valence-corrected chi connectivity index (χ4v) is 1.17. The Hall–Kier alpha value is -2.33. The summed E-state index contributed by atoms with van der Waals surface area (Å²) in [4.78, 5) is 18.0. The van der Waals surface area contributed by atoms with E-state index in [1.807, 2.05) is 6.08 Å². The number of carbonyl (C=O) groups excluding carboxylic acids is 1. The first kappa shape index (κ1) is 12.7. The monoisotopic (exact) mass is 232 g/mol. The minimum atomic E-state index is -0.392. The predicted molar refractivity (Wildman–Crippen MR) is 63.2 cm³/mol. The van der Waals surface area contributed by atoms with Gasteiger partial charge in [-0.05, 0) is 30.2 Å². The normalized spacial score (nSPS) is 9.94. The Bertz CT molecular complexity index is 464. The van der Waals surface area contributed by atoms with Crippen LogP contribution in [0.25, 0.3) is 16.5 Å². The second kappa shape index (κ2) is 7.03. The summed E-state index contributed by atoms with van der Waals surface area (Å²) in [7, 11) is 1.33. The molecule has 17 heavy (non-hydrogen) atoms.